The molecule has 1 N–H and O–H groups in total. The molecule has 0 fully saturated rings. The summed E-state index contributed by atoms with van der Waals surface area (Å²) in [7, 11) is 1.60. The van der Waals surface area contributed by atoms with Gasteiger partial charge >= 0.3 is 0 Å². The van der Waals surface area contributed by atoms with Crippen LogP contribution in [0.1, 0.15) is 13.3 Å². The van der Waals surface area contributed by atoms with E-state index in [9.17, 15) is 4.79 Å². The molecule has 1 amide bonds. The van der Waals surface area contributed by atoms with Gasteiger partial charge in [0.2, 0.25) is 0 Å². The molecule has 0 saturated heterocycles. The third kappa shape index (κ3) is 6.19. The predicted molar refractivity (Wildman–Crippen MR) is 97.7 cm³/mol. The SMILES string of the molecule is CC[C@H](Oc1ccc(OC)cc1)C(=O)NCCOc1ccc(Cl)cc1. The van der Waals surface area contributed by atoms with Crippen LogP contribution in [0, 0.1) is 0 Å². The molecule has 0 aliphatic heterocycles. The molecule has 0 aromatic heterocycles. The number of nitrogens with one attached hydrogen (secondary N) is 1. The first-order valence-corrected chi connectivity index (χ1v) is 8.47. The minimum absolute atomic E-state index is 0.168. The van der Waals surface area contributed by atoms with Crippen LogP contribution in [0.5, 0.6) is 17.2 Å². The number of carbonyl (C=O) groups excluding carboxylic acids is 1. The lowest BCUT2D eigenvalue weighted by molar-refractivity contribution is -0.128. The highest BCUT2D eigenvalue weighted by Crippen LogP contribution is 2.19. The number of hydrogen-bond donors (Lipinski definition) is 1. The van der Waals surface area contributed by atoms with Gasteiger partial charge in [-0.25, -0.2) is 0 Å². The van der Waals surface area contributed by atoms with Crippen LogP contribution in [-0.2, 0) is 4.79 Å². The number of rotatable bonds is 9. The Kier molecular flexibility index (Phi) is 7.41. The average molecular weight is 364 g/mol. The number of hydrogen-bond acceptors (Lipinski definition) is 4. The summed E-state index contributed by atoms with van der Waals surface area (Å²) in [6.45, 7) is 2.66. The summed E-state index contributed by atoms with van der Waals surface area (Å²) >= 11 is 5.82. The van der Waals surface area contributed by atoms with Crippen molar-refractivity contribution in [3.8, 4) is 17.2 Å². The van der Waals surface area contributed by atoms with E-state index in [2.05, 4.69) is 5.32 Å². The molecular formula is C19H22ClNO4. The average Bonchev–Trinajstić information content (AvgIpc) is 2.65. The van der Waals surface area contributed by atoms with Crippen molar-refractivity contribution in [2.24, 2.45) is 0 Å². The second-order valence-corrected chi connectivity index (χ2v) is 5.72. The maximum absolute atomic E-state index is 12.2. The molecule has 0 radical (unpaired) electrons. The second kappa shape index (κ2) is 9.79. The summed E-state index contributed by atoms with van der Waals surface area (Å²) in [6, 6.07) is 14.2. The number of ether oxygens (including phenoxy) is 3. The fourth-order valence-corrected chi connectivity index (χ4v) is 2.25. The summed E-state index contributed by atoms with van der Waals surface area (Å²) in [5.41, 5.74) is 0. The topological polar surface area (TPSA) is 56.8 Å². The molecule has 2 aromatic carbocycles. The van der Waals surface area contributed by atoms with E-state index in [4.69, 9.17) is 25.8 Å². The maximum Gasteiger partial charge on any atom is 0.261 e. The van der Waals surface area contributed by atoms with E-state index in [-0.39, 0.29) is 5.91 Å². The van der Waals surface area contributed by atoms with Crippen LogP contribution in [0.4, 0.5) is 0 Å². The van der Waals surface area contributed by atoms with Gasteiger partial charge < -0.3 is 19.5 Å². The Morgan fingerprint density at radius 3 is 2.24 bits per heavy atom. The van der Waals surface area contributed by atoms with E-state index < -0.39 is 6.10 Å². The lowest BCUT2D eigenvalue weighted by atomic mass is 10.2. The summed E-state index contributed by atoms with van der Waals surface area (Å²) < 4.78 is 16.4. The monoisotopic (exact) mass is 363 g/mol. The van der Waals surface area contributed by atoms with E-state index in [1.165, 1.54) is 0 Å². The fraction of sp³-hybridized carbons (Fsp3) is 0.316. The molecule has 6 heteroatoms. The first kappa shape index (κ1) is 18.9. The normalized spacial score (nSPS) is 11.5. The fourth-order valence-electron chi connectivity index (χ4n) is 2.13. The number of amides is 1. The number of carbonyl (C=O) groups is 1. The highest BCUT2D eigenvalue weighted by molar-refractivity contribution is 6.30. The summed E-state index contributed by atoms with van der Waals surface area (Å²) in [5.74, 6) is 1.91. The molecule has 0 saturated carbocycles. The lowest BCUT2D eigenvalue weighted by Crippen LogP contribution is -2.39. The van der Waals surface area contributed by atoms with Crippen LogP contribution in [0.3, 0.4) is 0 Å². The van der Waals surface area contributed by atoms with E-state index >= 15 is 0 Å². The molecule has 2 aromatic rings. The maximum atomic E-state index is 12.2. The van der Waals surface area contributed by atoms with Crippen LogP contribution in [0.2, 0.25) is 5.02 Å². The van der Waals surface area contributed by atoms with Crippen molar-refractivity contribution >= 4 is 17.5 Å². The molecule has 0 heterocycles. The van der Waals surface area contributed by atoms with Crippen molar-refractivity contribution in [1.82, 2.24) is 5.32 Å². The molecule has 0 aliphatic rings. The van der Waals surface area contributed by atoms with Gasteiger partial charge in [0.25, 0.3) is 5.91 Å². The summed E-state index contributed by atoms with van der Waals surface area (Å²) in [5, 5.41) is 3.47. The summed E-state index contributed by atoms with van der Waals surface area (Å²) in [4.78, 5) is 12.2. The zero-order valence-electron chi connectivity index (χ0n) is 14.3. The van der Waals surface area contributed by atoms with Gasteiger partial charge in [-0.2, -0.15) is 0 Å². The van der Waals surface area contributed by atoms with E-state index in [0.29, 0.717) is 36.1 Å². The van der Waals surface area contributed by atoms with Crippen molar-refractivity contribution in [2.45, 2.75) is 19.4 Å². The Balaban J connectivity index is 1.75. The first-order chi connectivity index (χ1) is 12.1. The molecule has 25 heavy (non-hydrogen) atoms. The van der Waals surface area contributed by atoms with Crippen LogP contribution in [-0.4, -0.2) is 32.3 Å². The van der Waals surface area contributed by atoms with Gasteiger partial charge in [-0.15, -0.1) is 0 Å². The molecule has 0 spiro atoms. The Morgan fingerprint density at radius 2 is 1.64 bits per heavy atom. The van der Waals surface area contributed by atoms with Gasteiger partial charge in [0.1, 0.15) is 23.9 Å². The Morgan fingerprint density at radius 1 is 1.04 bits per heavy atom. The third-order valence-electron chi connectivity index (χ3n) is 3.48. The minimum Gasteiger partial charge on any atom is -0.497 e. The molecule has 134 valence electrons. The quantitative estimate of drug-likeness (QED) is 0.690. The van der Waals surface area contributed by atoms with Gasteiger partial charge in [0.15, 0.2) is 6.10 Å². The zero-order valence-corrected chi connectivity index (χ0v) is 15.1. The smallest absolute Gasteiger partial charge is 0.261 e. The van der Waals surface area contributed by atoms with Crippen LogP contribution in [0.15, 0.2) is 48.5 Å². The van der Waals surface area contributed by atoms with Gasteiger partial charge in [-0.05, 0) is 55.0 Å². The Bertz CT molecular complexity index is 658. The minimum atomic E-state index is -0.552. The van der Waals surface area contributed by atoms with Gasteiger partial charge in [0.05, 0.1) is 13.7 Å². The van der Waals surface area contributed by atoms with E-state index in [1.807, 2.05) is 6.92 Å². The van der Waals surface area contributed by atoms with E-state index in [0.717, 1.165) is 5.75 Å². The molecule has 0 aliphatic carbocycles. The first-order valence-electron chi connectivity index (χ1n) is 8.09. The van der Waals surface area contributed by atoms with E-state index in [1.54, 1.807) is 55.6 Å². The van der Waals surface area contributed by atoms with Crippen LogP contribution < -0.4 is 19.5 Å². The molecule has 5 nitrogen and oxygen atoms in total. The number of benzene rings is 2. The molecule has 0 unspecified atom stereocenters. The Labute approximate surface area is 152 Å². The Hall–Kier alpha value is -2.40. The lowest BCUT2D eigenvalue weighted by Gasteiger charge is -2.17. The van der Waals surface area contributed by atoms with Gasteiger partial charge in [0, 0.05) is 5.02 Å². The molecular weight excluding hydrogens is 342 g/mol. The molecule has 0 bridgehead atoms. The van der Waals surface area contributed by atoms with Crippen LogP contribution >= 0.6 is 11.6 Å². The van der Waals surface area contributed by atoms with Crippen molar-refractivity contribution in [3.05, 3.63) is 53.6 Å². The van der Waals surface area contributed by atoms with Crippen molar-refractivity contribution < 1.29 is 19.0 Å². The van der Waals surface area contributed by atoms with Gasteiger partial charge in [-0.3, -0.25) is 4.79 Å². The van der Waals surface area contributed by atoms with Crippen molar-refractivity contribution in [2.75, 3.05) is 20.3 Å². The zero-order chi connectivity index (χ0) is 18.1. The van der Waals surface area contributed by atoms with Gasteiger partial charge in [-0.1, -0.05) is 18.5 Å². The number of methoxy groups -OCH3 is 1. The number of halogens is 1. The molecule has 1 atom stereocenters. The van der Waals surface area contributed by atoms with Crippen molar-refractivity contribution in [1.29, 1.82) is 0 Å². The van der Waals surface area contributed by atoms with Crippen LogP contribution in [0.25, 0.3) is 0 Å². The largest absolute Gasteiger partial charge is 0.497 e. The second-order valence-electron chi connectivity index (χ2n) is 5.28. The summed E-state index contributed by atoms with van der Waals surface area (Å²) in [6.07, 6.45) is 0.0135. The predicted octanol–water partition coefficient (Wildman–Crippen LogP) is 3.70. The standard InChI is InChI=1S/C19H22ClNO4/c1-3-18(25-17-10-8-15(23-2)9-11-17)19(22)21-12-13-24-16-6-4-14(20)5-7-16/h4-11,18H,3,12-13H2,1-2H3,(H,21,22)/t18-/m0/s1. The highest BCUT2D eigenvalue weighted by Gasteiger charge is 2.17. The van der Waals surface area contributed by atoms with Crippen molar-refractivity contribution in [3.63, 3.8) is 0 Å². The third-order valence-corrected chi connectivity index (χ3v) is 3.74. The molecule has 2 rings (SSSR count). The highest BCUT2D eigenvalue weighted by atomic mass is 35.5.